The summed E-state index contributed by atoms with van der Waals surface area (Å²) in [5.41, 5.74) is 2.29. The van der Waals surface area contributed by atoms with Gasteiger partial charge in [-0.25, -0.2) is 0 Å². The number of rotatable bonds is 4. The van der Waals surface area contributed by atoms with Crippen LogP contribution in [0.3, 0.4) is 0 Å². The fourth-order valence-corrected chi connectivity index (χ4v) is 2.22. The number of nitrogens with zero attached hydrogens (tertiary/aromatic N) is 1. The van der Waals surface area contributed by atoms with Crippen LogP contribution >= 0.6 is 0 Å². The highest BCUT2D eigenvalue weighted by atomic mass is 16.4. The molecule has 0 bridgehead atoms. The molecule has 0 heterocycles. The Labute approximate surface area is 113 Å². The fourth-order valence-electron chi connectivity index (χ4n) is 2.22. The van der Waals surface area contributed by atoms with Crippen molar-refractivity contribution in [2.45, 2.75) is 26.3 Å². The van der Waals surface area contributed by atoms with Crippen LogP contribution in [0, 0.1) is 6.92 Å². The van der Waals surface area contributed by atoms with Gasteiger partial charge >= 0.3 is 5.97 Å². The molecule has 2 aromatic carbocycles. The lowest BCUT2D eigenvalue weighted by Crippen LogP contribution is -2.30. The van der Waals surface area contributed by atoms with Gasteiger partial charge in [-0.15, -0.1) is 0 Å². The number of hydrogen-bond donors (Lipinski definition) is 1. The van der Waals surface area contributed by atoms with Crippen molar-refractivity contribution in [3.8, 4) is 0 Å². The minimum absolute atomic E-state index is 0.0274. The number of carboxylic acid groups (broad SMARTS) is 1. The molecule has 1 atom stereocenters. The second-order valence-electron chi connectivity index (χ2n) is 5.09. The first-order chi connectivity index (χ1) is 8.97. The van der Waals surface area contributed by atoms with Crippen LogP contribution in [0.1, 0.15) is 18.9 Å². The topological polar surface area (TPSA) is 40.5 Å². The van der Waals surface area contributed by atoms with Crippen molar-refractivity contribution in [1.82, 2.24) is 0 Å². The smallest absolute Gasteiger partial charge is 0.305 e. The molecule has 19 heavy (non-hydrogen) atoms. The monoisotopic (exact) mass is 257 g/mol. The summed E-state index contributed by atoms with van der Waals surface area (Å²) in [5.74, 6) is -0.768. The molecule has 0 aliphatic carbocycles. The minimum atomic E-state index is -0.768. The molecule has 1 N–H and O–H groups in total. The number of benzene rings is 2. The first kappa shape index (κ1) is 13.4. The Kier molecular flexibility index (Phi) is 3.74. The maximum absolute atomic E-state index is 10.8. The molecule has 0 saturated carbocycles. The van der Waals surface area contributed by atoms with Crippen LogP contribution < -0.4 is 4.90 Å². The maximum atomic E-state index is 10.8. The van der Waals surface area contributed by atoms with Crippen LogP contribution in [0.4, 0.5) is 5.69 Å². The lowest BCUT2D eigenvalue weighted by molar-refractivity contribution is -0.137. The Balaban J connectivity index is 2.30. The Bertz CT molecular complexity index is 607. The number of carboxylic acids is 1. The molecule has 0 aliphatic rings. The first-order valence-corrected chi connectivity index (χ1v) is 6.42. The molecule has 100 valence electrons. The third-order valence-electron chi connectivity index (χ3n) is 3.52. The third-order valence-corrected chi connectivity index (χ3v) is 3.52. The maximum Gasteiger partial charge on any atom is 0.305 e. The van der Waals surface area contributed by atoms with E-state index in [-0.39, 0.29) is 12.5 Å². The fraction of sp³-hybridized carbons (Fsp3) is 0.312. The van der Waals surface area contributed by atoms with E-state index in [9.17, 15) is 4.79 Å². The highest BCUT2D eigenvalue weighted by Gasteiger charge is 2.13. The molecule has 2 aromatic rings. The summed E-state index contributed by atoms with van der Waals surface area (Å²) in [6, 6.07) is 12.5. The van der Waals surface area contributed by atoms with Gasteiger partial charge in [-0.2, -0.15) is 0 Å². The van der Waals surface area contributed by atoms with Gasteiger partial charge < -0.3 is 10.0 Å². The summed E-state index contributed by atoms with van der Waals surface area (Å²) in [6.07, 6.45) is 0.141. The van der Waals surface area contributed by atoms with E-state index in [0.717, 1.165) is 5.69 Å². The number of carbonyl (C=O) groups is 1. The number of aliphatic carboxylic acids is 1. The van der Waals surface area contributed by atoms with E-state index in [1.54, 1.807) is 0 Å². The SMILES string of the molecule is Cc1ccc2cc(N(C)C(C)CC(=O)O)ccc2c1. The highest BCUT2D eigenvalue weighted by Crippen LogP contribution is 2.24. The molecule has 2 rings (SSSR count). The average molecular weight is 257 g/mol. The molecule has 0 fully saturated rings. The van der Waals surface area contributed by atoms with Gasteiger partial charge in [-0.1, -0.05) is 29.8 Å². The van der Waals surface area contributed by atoms with Crippen LogP contribution in [0.2, 0.25) is 0 Å². The van der Waals surface area contributed by atoms with E-state index in [1.807, 2.05) is 24.9 Å². The van der Waals surface area contributed by atoms with Gasteiger partial charge in [-0.05, 0) is 36.8 Å². The van der Waals surface area contributed by atoms with E-state index < -0.39 is 5.97 Å². The summed E-state index contributed by atoms with van der Waals surface area (Å²) in [6.45, 7) is 4.00. The second-order valence-corrected chi connectivity index (χ2v) is 5.09. The van der Waals surface area contributed by atoms with E-state index in [0.29, 0.717) is 0 Å². The van der Waals surface area contributed by atoms with E-state index >= 15 is 0 Å². The lowest BCUT2D eigenvalue weighted by atomic mass is 10.1. The largest absolute Gasteiger partial charge is 0.481 e. The van der Waals surface area contributed by atoms with Gasteiger partial charge in [-0.3, -0.25) is 4.79 Å². The van der Waals surface area contributed by atoms with Gasteiger partial charge in [0.2, 0.25) is 0 Å². The van der Waals surface area contributed by atoms with Gasteiger partial charge in [0.25, 0.3) is 0 Å². The Morgan fingerprint density at radius 1 is 1.21 bits per heavy atom. The number of fused-ring (bicyclic) bond motifs is 1. The van der Waals surface area contributed by atoms with E-state index in [4.69, 9.17) is 5.11 Å². The first-order valence-electron chi connectivity index (χ1n) is 6.42. The number of anilines is 1. The molecule has 0 saturated heterocycles. The summed E-state index contributed by atoms with van der Waals surface area (Å²) in [7, 11) is 1.93. The Morgan fingerprint density at radius 2 is 1.84 bits per heavy atom. The Morgan fingerprint density at radius 3 is 2.53 bits per heavy atom. The van der Waals surface area contributed by atoms with Crippen molar-refractivity contribution >= 4 is 22.4 Å². The van der Waals surface area contributed by atoms with Crippen molar-refractivity contribution in [3.63, 3.8) is 0 Å². The highest BCUT2D eigenvalue weighted by molar-refractivity contribution is 5.86. The molecule has 0 amide bonds. The summed E-state index contributed by atoms with van der Waals surface area (Å²) < 4.78 is 0. The lowest BCUT2D eigenvalue weighted by Gasteiger charge is -2.26. The van der Waals surface area contributed by atoms with Crippen molar-refractivity contribution in [3.05, 3.63) is 42.0 Å². The minimum Gasteiger partial charge on any atom is -0.481 e. The predicted molar refractivity (Wildman–Crippen MR) is 78.8 cm³/mol. The van der Waals surface area contributed by atoms with Crippen molar-refractivity contribution in [2.24, 2.45) is 0 Å². The van der Waals surface area contributed by atoms with Gasteiger partial charge in [0.05, 0.1) is 6.42 Å². The van der Waals surface area contributed by atoms with Crippen LogP contribution in [-0.4, -0.2) is 24.2 Å². The summed E-state index contributed by atoms with van der Waals surface area (Å²) in [4.78, 5) is 12.8. The van der Waals surface area contributed by atoms with Crippen molar-refractivity contribution < 1.29 is 9.90 Å². The summed E-state index contributed by atoms with van der Waals surface area (Å²) in [5, 5.41) is 11.2. The van der Waals surface area contributed by atoms with Crippen molar-refractivity contribution in [1.29, 1.82) is 0 Å². The van der Waals surface area contributed by atoms with E-state index in [1.165, 1.54) is 16.3 Å². The zero-order chi connectivity index (χ0) is 14.0. The molecule has 0 aliphatic heterocycles. The second kappa shape index (κ2) is 5.31. The van der Waals surface area contributed by atoms with E-state index in [2.05, 4.69) is 37.3 Å². The standard InChI is InChI=1S/C16H19NO2/c1-11-4-5-14-10-15(7-6-13(14)8-11)17(3)12(2)9-16(18)19/h4-8,10,12H,9H2,1-3H3,(H,18,19). The predicted octanol–water partition coefficient (Wildman–Crippen LogP) is 3.45. The van der Waals surface area contributed by atoms with Gasteiger partial charge in [0.15, 0.2) is 0 Å². The molecule has 1 unspecified atom stereocenters. The average Bonchev–Trinajstić information content (AvgIpc) is 2.36. The molecule has 3 nitrogen and oxygen atoms in total. The van der Waals surface area contributed by atoms with Crippen LogP contribution in [0.15, 0.2) is 36.4 Å². The number of hydrogen-bond acceptors (Lipinski definition) is 2. The normalized spacial score (nSPS) is 12.4. The number of aryl methyl sites for hydroxylation is 1. The molecular weight excluding hydrogens is 238 g/mol. The van der Waals surface area contributed by atoms with Crippen LogP contribution in [0.25, 0.3) is 10.8 Å². The Hall–Kier alpha value is -2.03. The van der Waals surface area contributed by atoms with Crippen LogP contribution in [0.5, 0.6) is 0 Å². The van der Waals surface area contributed by atoms with Gasteiger partial charge in [0, 0.05) is 18.8 Å². The summed E-state index contributed by atoms with van der Waals surface area (Å²) >= 11 is 0. The van der Waals surface area contributed by atoms with Gasteiger partial charge in [0.1, 0.15) is 0 Å². The quantitative estimate of drug-likeness (QED) is 0.912. The molecule has 0 aromatic heterocycles. The third kappa shape index (κ3) is 3.05. The zero-order valence-corrected chi connectivity index (χ0v) is 11.6. The zero-order valence-electron chi connectivity index (χ0n) is 11.6. The van der Waals surface area contributed by atoms with Crippen LogP contribution in [-0.2, 0) is 4.79 Å². The molecular formula is C16H19NO2. The van der Waals surface area contributed by atoms with Crippen molar-refractivity contribution in [2.75, 3.05) is 11.9 Å². The molecule has 0 radical (unpaired) electrons. The molecule has 3 heteroatoms. The molecule has 0 spiro atoms.